The lowest BCUT2D eigenvalue weighted by Gasteiger charge is -2.37. The van der Waals surface area contributed by atoms with Crippen molar-refractivity contribution in [3.05, 3.63) is 25.0 Å². The molecule has 12 heteroatoms. The van der Waals surface area contributed by atoms with E-state index in [0.29, 0.717) is 23.2 Å². The van der Waals surface area contributed by atoms with Gasteiger partial charge in [-0.2, -0.15) is 5.26 Å². The van der Waals surface area contributed by atoms with Crippen LogP contribution in [0.3, 0.4) is 0 Å². The molecular weight excluding hydrogens is 460 g/mol. The maximum absolute atomic E-state index is 15.7. The lowest BCUT2D eigenvalue weighted by Crippen LogP contribution is -2.37. The number of fused-ring (bicyclic) bond motifs is 3. The van der Waals surface area contributed by atoms with Crippen molar-refractivity contribution in [1.82, 2.24) is 28.6 Å². The van der Waals surface area contributed by atoms with Crippen molar-refractivity contribution in [2.75, 3.05) is 6.61 Å². The first-order valence-corrected chi connectivity index (χ1v) is 12.7. The second-order valence-electron chi connectivity index (χ2n) is 8.76. The third-order valence-corrected chi connectivity index (χ3v) is 7.90. The Labute approximate surface area is 199 Å². The molecule has 0 aromatic carbocycles. The summed E-state index contributed by atoms with van der Waals surface area (Å²) < 4.78 is 39.8. The summed E-state index contributed by atoms with van der Waals surface area (Å²) in [4.78, 5) is 13.4. The molecule has 0 N–H and O–H groups in total. The van der Waals surface area contributed by atoms with Gasteiger partial charge in [-0.25, -0.2) is 24.0 Å². The number of imidazole rings is 2. The fraction of sp³-hybridized carbons (Fsp3) is 0.636. The first-order chi connectivity index (χ1) is 16.4. The Morgan fingerprint density at radius 3 is 2.65 bits per heavy atom. The summed E-state index contributed by atoms with van der Waals surface area (Å²) in [6.45, 7) is 10.3. The lowest BCUT2D eigenvalue weighted by molar-refractivity contribution is -0.0325. The molecule has 184 valence electrons. The van der Waals surface area contributed by atoms with E-state index in [1.54, 1.807) is 34.0 Å². The van der Waals surface area contributed by atoms with Gasteiger partial charge in [0.1, 0.15) is 12.4 Å². The van der Waals surface area contributed by atoms with Crippen LogP contribution < -0.4 is 0 Å². The van der Waals surface area contributed by atoms with E-state index in [1.165, 1.54) is 0 Å². The van der Waals surface area contributed by atoms with Crippen LogP contribution in [0.5, 0.6) is 0 Å². The van der Waals surface area contributed by atoms with E-state index < -0.39 is 33.1 Å². The van der Waals surface area contributed by atoms with Gasteiger partial charge < -0.3 is 13.8 Å². The molecule has 10 nitrogen and oxygen atoms in total. The van der Waals surface area contributed by atoms with Gasteiger partial charge in [-0.15, -0.1) is 0 Å². The molecule has 4 heterocycles. The highest BCUT2D eigenvalue weighted by atomic mass is 31.2. The Kier molecular flexibility index (Phi) is 7.75. The highest BCUT2D eigenvalue weighted by Crippen LogP contribution is 2.51. The van der Waals surface area contributed by atoms with Crippen LogP contribution in [-0.4, -0.2) is 65.7 Å². The molecule has 0 amide bonds. The monoisotopic (exact) mass is 491 g/mol. The Balaban J connectivity index is 1.69. The van der Waals surface area contributed by atoms with Crippen molar-refractivity contribution in [3.63, 3.8) is 0 Å². The summed E-state index contributed by atoms with van der Waals surface area (Å²) in [7, 11) is -1.65. The van der Waals surface area contributed by atoms with Gasteiger partial charge in [0, 0.05) is 24.5 Å². The van der Waals surface area contributed by atoms with Crippen LogP contribution in [0.25, 0.3) is 16.8 Å². The molecule has 1 unspecified atom stereocenters. The Bertz CT molecular complexity index is 1140. The van der Waals surface area contributed by atoms with Gasteiger partial charge >= 0.3 is 0 Å². The Hall–Kier alpha value is -2.22. The fourth-order valence-electron chi connectivity index (χ4n) is 4.29. The number of hydrogen-bond acceptors (Lipinski definition) is 8. The van der Waals surface area contributed by atoms with E-state index >= 15 is 4.39 Å². The molecule has 0 spiro atoms. The fourth-order valence-corrected chi connectivity index (χ4v) is 6.02. The second-order valence-corrected chi connectivity index (χ2v) is 10.2. The SMILES string of the molecule is CC[C@H]1O[C@@H](n2cnc3c2ncn2ccnc32)[C@H](OP(OCCC#N)N(C(C)C)C(C)C)[C@@H]1F. The van der Waals surface area contributed by atoms with Crippen molar-refractivity contribution in [3.8, 4) is 6.07 Å². The maximum Gasteiger partial charge on any atom is 0.259 e. The van der Waals surface area contributed by atoms with Gasteiger partial charge in [0.2, 0.25) is 0 Å². The van der Waals surface area contributed by atoms with Gasteiger partial charge in [-0.3, -0.25) is 8.97 Å². The molecule has 1 aliphatic heterocycles. The topological polar surface area (TPSA) is 103 Å². The maximum atomic E-state index is 15.7. The number of halogens is 1. The number of nitrogens with zero attached hydrogens (tertiary/aromatic N) is 7. The largest absolute Gasteiger partial charge is 0.349 e. The number of rotatable bonds is 10. The number of hydrogen-bond donors (Lipinski definition) is 0. The normalized spacial score (nSPS) is 24.1. The van der Waals surface area contributed by atoms with Crippen LogP contribution in [0.2, 0.25) is 0 Å². The molecule has 0 aliphatic carbocycles. The molecule has 1 aliphatic rings. The lowest BCUT2D eigenvalue weighted by atomic mass is 10.1. The molecule has 3 aromatic rings. The van der Waals surface area contributed by atoms with Crippen LogP contribution >= 0.6 is 8.53 Å². The molecule has 0 saturated carbocycles. The Morgan fingerprint density at radius 2 is 1.97 bits per heavy atom. The standard InChI is InChI=1S/C22H31FN7O3P/c1-6-16-17(23)19(33-34(31-11-7-8-24)30(14(2)3)15(4)5)22(32-16)29-13-26-18-20-25-9-10-28(20)12-27-21(18)29/h9-10,12-17,19,22H,6-7,11H2,1-5H3/t16-,17-,19-,22-,34?/m1/s1. The predicted octanol–water partition coefficient (Wildman–Crippen LogP) is 4.39. The summed E-state index contributed by atoms with van der Waals surface area (Å²) in [5.41, 5.74) is 1.81. The van der Waals surface area contributed by atoms with Crippen molar-refractivity contribution < 1.29 is 18.2 Å². The van der Waals surface area contributed by atoms with Crippen molar-refractivity contribution in [2.24, 2.45) is 0 Å². The molecule has 0 bridgehead atoms. The minimum atomic E-state index is -1.65. The predicted molar refractivity (Wildman–Crippen MR) is 125 cm³/mol. The highest BCUT2D eigenvalue weighted by Gasteiger charge is 2.49. The first-order valence-electron chi connectivity index (χ1n) is 11.6. The van der Waals surface area contributed by atoms with E-state index in [-0.39, 0.29) is 25.1 Å². The molecule has 0 radical (unpaired) electrons. The molecule has 34 heavy (non-hydrogen) atoms. The number of nitriles is 1. The van der Waals surface area contributed by atoms with E-state index in [1.807, 2.05) is 34.6 Å². The molecule has 5 atom stereocenters. The average molecular weight is 492 g/mol. The minimum Gasteiger partial charge on any atom is -0.349 e. The summed E-state index contributed by atoms with van der Waals surface area (Å²) in [6.07, 6.45) is 3.72. The summed E-state index contributed by atoms with van der Waals surface area (Å²) in [6, 6.07) is 2.28. The molecular formula is C22H31FN7O3P. The number of aromatic nitrogens is 5. The highest BCUT2D eigenvalue weighted by molar-refractivity contribution is 7.44. The summed E-state index contributed by atoms with van der Waals surface area (Å²) >= 11 is 0. The van der Waals surface area contributed by atoms with Gasteiger partial charge in [0.25, 0.3) is 8.53 Å². The van der Waals surface area contributed by atoms with E-state index in [2.05, 4.69) is 25.7 Å². The summed E-state index contributed by atoms with van der Waals surface area (Å²) in [5, 5.41) is 8.98. The molecule has 1 saturated heterocycles. The van der Waals surface area contributed by atoms with E-state index in [4.69, 9.17) is 19.0 Å². The van der Waals surface area contributed by atoms with Gasteiger partial charge in [-0.05, 0) is 34.1 Å². The van der Waals surface area contributed by atoms with Crippen LogP contribution in [0, 0.1) is 11.3 Å². The third kappa shape index (κ3) is 4.66. The first kappa shape index (κ1) is 24.9. The van der Waals surface area contributed by atoms with Crippen molar-refractivity contribution in [2.45, 2.75) is 84.2 Å². The van der Waals surface area contributed by atoms with Crippen LogP contribution in [0.1, 0.15) is 53.7 Å². The van der Waals surface area contributed by atoms with Crippen LogP contribution in [-0.2, 0) is 13.8 Å². The zero-order valence-corrected chi connectivity index (χ0v) is 21.0. The van der Waals surface area contributed by atoms with Crippen molar-refractivity contribution in [1.29, 1.82) is 5.26 Å². The van der Waals surface area contributed by atoms with Gasteiger partial charge in [0.15, 0.2) is 29.2 Å². The number of ether oxygens (including phenoxy) is 1. The van der Waals surface area contributed by atoms with Crippen molar-refractivity contribution >= 4 is 25.3 Å². The zero-order chi connectivity index (χ0) is 24.4. The summed E-state index contributed by atoms with van der Waals surface area (Å²) in [5.74, 6) is 0. The van der Waals surface area contributed by atoms with E-state index in [9.17, 15) is 0 Å². The quantitative estimate of drug-likeness (QED) is 0.304. The third-order valence-electron chi connectivity index (χ3n) is 5.77. The molecule has 3 aromatic heterocycles. The number of alkyl halides is 1. The van der Waals surface area contributed by atoms with Gasteiger partial charge in [-0.1, -0.05) is 6.92 Å². The van der Waals surface area contributed by atoms with Crippen LogP contribution in [0.4, 0.5) is 4.39 Å². The molecule has 4 rings (SSSR count). The average Bonchev–Trinajstić information content (AvgIpc) is 3.50. The van der Waals surface area contributed by atoms with Crippen LogP contribution in [0.15, 0.2) is 25.0 Å². The molecule has 1 fully saturated rings. The van der Waals surface area contributed by atoms with Gasteiger partial charge in [0.05, 0.1) is 31.5 Å². The second kappa shape index (κ2) is 10.6. The minimum absolute atomic E-state index is 0.0958. The Morgan fingerprint density at radius 1 is 1.21 bits per heavy atom. The van der Waals surface area contributed by atoms with E-state index in [0.717, 1.165) is 0 Å². The zero-order valence-electron chi connectivity index (χ0n) is 20.1. The smallest absolute Gasteiger partial charge is 0.259 e.